The van der Waals surface area contributed by atoms with E-state index < -0.39 is 15.9 Å². The maximum absolute atomic E-state index is 11.3. The van der Waals surface area contributed by atoms with Crippen LogP contribution in [0.1, 0.15) is 89.9 Å². The highest BCUT2D eigenvalue weighted by molar-refractivity contribution is 7.89. The molecule has 0 spiro atoms. The molecular formula is C21H39NO4S. The van der Waals surface area contributed by atoms with Gasteiger partial charge in [0.25, 0.3) is 0 Å². The van der Waals surface area contributed by atoms with Crippen LogP contribution < -0.4 is 4.72 Å². The van der Waals surface area contributed by atoms with Crippen molar-refractivity contribution in [2.75, 3.05) is 12.9 Å². The van der Waals surface area contributed by atoms with Crippen molar-refractivity contribution < 1.29 is 18.3 Å². The minimum absolute atomic E-state index is 0.245. The minimum Gasteiger partial charge on any atom is -0.396 e. The molecule has 0 saturated heterocycles. The van der Waals surface area contributed by atoms with Crippen molar-refractivity contribution in [1.29, 1.82) is 0 Å². The quantitative estimate of drug-likeness (QED) is 0.259. The Balaban J connectivity index is 3.31. The zero-order chi connectivity index (χ0) is 20.2. The van der Waals surface area contributed by atoms with E-state index in [1.54, 1.807) is 0 Å². The second-order valence-electron chi connectivity index (χ2n) is 7.05. The molecule has 0 aromatic heterocycles. The van der Waals surface area contributed by atoms with Crippen molar-refractivity contribution in [3.8, 4) is 0 Å². The van der Waals surface area contributed by atoms with Gasteiger partial charge in [0.15, 0.2) is 0 Å². The summed E-state index contributed by atoms with van der Waals surface area (Å²) in [6.07, 6.45) is 24.4. The maximum Gasteiger partial charge on any atom is 0.233 e. The summed E-state index contributed by atoms with van der Waals surface area (Å²) < 4.78 is 23.7. The van der Waals surface area contributed by atoms with Crippen molar-refractivity contribution in [3.05, 3.63) is 24.3 Å². The van der Waals surface area contributed by atoms with Crippen LogP contribution in [-0.4, -0.2) is 32.3 Å². The molecule has 0 aliphatic rings. The smallest absolute Gasteiger partial charge is 0.233 e. The molecule has 0 aromatic rings. The van der Waals surface area contributed by atoms with Gasteiger partial charge in [-0.1, -0.05) is 50.0 Å². The fourth-order valence-electron chi connectivity index (χ4n) is 2.72. The van der Waals surface area contributed by atoms with Crippen molar-refractivity contribution in [2.45, 2.75) is 89.9 Å². The van der Waals surface area contributed by atoms with Crippen LogP contribution in [0.4, 0.5) is 0 Å². The molecule has 0 atom stereocenters. The molecule has 0 radical (unpaired) electrons. The number of aliphatic hydroxyl groups is 1. The molecule has 0 aliphatic carbocycles. The molecule has 0 aromatic carbocycles. The molecule has 0 rings (SSSR count). The average molecular weight is 402 g/mol. The van der Waals surface area contributed by atoms with Crippen LogP contribution in [0.3, 0.4) is 0 Å². The molecule has 6 heteroatoms. The third-order valence-corrected chi connectivity index (χ3v) is 4.78. The van der Waals surface area contributed by atoms with Crippen LogP contribution >= 0.6 is 0 Å². The van der Waals surface area contributed by atoms with Crippen molar-refractivity contribution in [3.63, 3.8) is 0 Å². The van der Waals surface area contributed by atoms with Crippen LogP contribution in [0, 0.1) is 0 Å². The second-order valence-corrected chi connectivity index (χ2v) is 8.80. The lowest BCUT2D eigenvalue weighted by Crippen LogP contribution is -2.28. The minimum atomic E-state index is -3.43. The first-order valence-corrected chi connectivity index (χ1v) is 12.3. The van der Waals surface area contributed by atoms with Gasteiger partial charge in [0.2, 0.25) is 15.9 Å². The Labute approximate surface area is 166 Å². The molecule has 158 valence electrons. The van der Waals surface area contributed by atoms with Crippen LogP contribution in [0.2, 0.25) is 0 Å². The van der Waals surface area contributed by atoms with Gasteiger partial charge >= 0.3 is 0 Å². The topological polar surface area (TPSA) is 83.5 Å². The summed E-state index contributed by atoms with van der Waals surface area (Å²) in [4.78, 5) is 11.3. The summed E-state index contributed by atoms with van der Waals surface area (Å²) in [7, 11) is -3.43. The van der Waals surface area contributed by atoms with Crippen molar-refractivity contribution in [1.82, 2.24) is 4.72 Å². The van der Waals surface area contributed by atoms with E-state index in [0.29, 0.717) is 13.0 Å². The monoisotopic (exact) mass is 401 g/mol. The zero-order valence-corrected chi connectivity index (χ0v) is 17.8. The highest BCUT2D eigenvalue weighted by atomic mass is 32.2. The molecule has 0 saturated carbocycles. The Morgan fingerprint density at radius 1 is 0.741 bits per heavy atom. The van der Waals surface area contributed by atoms with E-state index in [1.807, 2.05) is 4.72 Å². The van der Waals surface area contributed by atoms with Gasteiger partial charge in [-0.2, -0.15) is 0 Å². The standard InChI is InChI=1S/C21H39NO4S/c1-27(25,26)22-21(24)19-17-15-13-11-9-7-5-3-2-4-6-8-10-12-14-16-18-20-23/h8,10-11,13,23H,2-7,9,12,14-20H2,1H3,(H,22,24)/b10-8-,13-11-. The fourth-order valence-corrected chi connectivity index (χ4v) is 3.23. The number of aliphatic hydroxyl groups excluding tert-OH is 1. The van der Waals surface area contributed by atoms with Gasteiger partial charge in [-0.3, -0.25) is 9.52 Å². The van der Waals surface area contributed by atoms with Gasteiger partial charge in [-0.25, -0.2) is 8.42 Å². The van der Waals surface area contributed by atoms with E-state index in [2.05, 4.69) is 24.3 Å². The Bertz CT molecular complexity index is 512. The molecule has 0 aliphatic heterocycles. The van der Waals surface area contributed by atoms with Gasteiger partial charge in [-0.05, 0) is 57.8 Å². The van der Waals surface area contributed by atoms with Crippen LogP contribution in [0.15, 0.2) is 24.3 Å². The summed E-state index contributed by atoms with van der Waals surface area (Å²) in [6, 6.07) is 0. The number of unbranched alkanes of at least 4 members (excludes halogenated alkanes) is 10. The summed E-state index contributed by atoms with van der Waals surface area (Å²) in [5.41, 5.74) is 0. The van der Waals surface area contributed by atoms with E-state index >= 15 is 0 Å². The average Bonchev–Trinajstić information content (AvgIpc) is 2.59. The van der Waals surface area contributed by atoms with E-state index in [9.17, 15) is 13.2 Å². The number of nitrogens with one attached hydrogen (secondary N) is 1. The van der Waals surface area contributed by atoms with Gasteiger partial charge in [-0.15, -0.1) is 0 Å². The Morgan fingerprint density at radius 2 is 1.15 bits per heavy atom. The number of hydrogen-bond donors (Lipinski definition) is 2. The highest BCUT2D eigenvalue weighted by Crippen LogP contribution is 2.09. The maximum atomic E-state index is 11.3. The Morgan fingerprint density at radius 3 is 1.59 bits per heavy atom. The predicted molar refractivity (Wildman–Crippen MR) is 113 cm³/mol. The first kappa shape index (κ1) is 25.9. The van der Waals surface area contributed by atoms with E-state index in [-0.39, 0.29) is 6.42 Å². The van der Waals surface area contributed by atoms with Crippen LogP contribution in [-0.2, 0) is 14.8 Å². The predicted octanol–water partition coefficient (Wildman–Crippen LogP) is 4.63. The summed E-state index contributed by atoms with van der Waals surface area (Å²) in [5, 5.41) is 8.69. The SMILES string of the molecule is CS(=O)(=O)NC(=O)CCC/C=C\CCCCCCC/C=C\CCCCCO. The van der Waals surface area contributed by atoms with Crippen molar-refractivity contribution >= 4 is 15.9 Å². The third-order valence-electron chi connectivity index (χ3n) is 4.18. The van der Waals surface area contributed by atoms with Crippen molar-refractivity contribution in [2.24, 2.45) is 0 Å². The normalized spacial score (nSPS) is 12.2. The molecule has 2 N–H and O–H groups in total. The first-order valence-electron chi connectivity index (χ1n) is 10.4. The zero-order valence-electron chi connectivity index (χ0n) is 17.0. The number of amides is 1. The lowest BCUT2D eigenvalue weighted by atomic mass is 10.1. The molecule has 0 fully saturated rings. The molecule has 1 amide bonds. The number of sulfonamides is 1. The second kappa shape index (κ2) is 18.2. The van der Waals surface area contributed by atoms with Crippen LogP contribution in [0.5, 0.6) is 0 Å². The van der Waals surface area contributed by atoms with E-state index in [1.165, 1.54) is 44.9 Å². The summed E-state index contributed by atoms with van der Waals surface area (Å²) in [6.45, 7) is 0.311. The first-order chi connectivity index (χ1) is 13.0. The number of hydrogen-bond acceptors (Lipinski definition) is 4. The Kier molecular flexibility index (Phi) is 17.5. The van der Waals surface area contributed by atoms with Gasteiger partial charge < -0.3 is 5.11 Å². The lowest BCUT2D eigenvalue weighted by molar-refractivity contribution is -0.119. The fraction of sp³-hybridized carbons (Fsp3) is 0.762. The molecule has 0 heterocycles. The molecular weight excluding hydrogens is 362 g/mol. The highest BCUT2D eigenvalue weighted by Gasteiger charge is 2.06. The summed E-state index contributed by atoms with van der Waals surface area (Å²) in [5.74, 6) is -0.428. The van der Waals surface area contributed by atoms with E-state index in [4.69, 9.17) is 5.11 Å². The van der Waals surface area contributed by atoms with Gasteiger partial charge in [0.1, 0.15) is 0 Å². The van der Waals surface area contributed by atoms with Gasteiger partial charge in [0, 0.05) is 13.0 Å². The van der Waals surface area contributed by atoms with Gasteiger partial charge in [0.05, 0.1) is 6.26 Å². The van der Waals surface area contributed by atoms with E-state index in [0.717, 1.165) is 38.4 Å². The number of allylic oxidation sites excluding steroid dienone is 4. The summed E-state index contributed by atoms with van der Waals surface area (Å²) >= 11 is 0. The molecule has 0 unspecified atom stereocenters. The van der Waals surface area contributed by atoms with Crippen LogP contribution in [0.25, 0.3) is 0 Å². The largest absolute Gasteiger partial charge is 0.396 e. The number of carbonyl (C=O) groups excluding carboxylic acids is 1. The lowest BCUT2D eigenvalue weighted by Gasteiger charge is -2.01. The Hall–Kier alpha value is -1.14. The molecule has 0 bridgehead atoms. The molecule has 27 heavy (non-hydrogen) atoms. The number of rotatable bonds is 18. The third kappa shape index (κ3) is 22.8. The molecule has 5 nitrogen and oxygen atoms in total. The number of carbonyl (C=O) groups is 1.